The van der Waals surface area contributed by atoms with Crippen molar-refractivity contribution in [3.05, 3.63) is 35.5 Å². The SMILES string of the molecule is CCNC(=O)Nc1ccc(-c2cc(Cl)nc(N3CCOCC3)n2)cc1. The molecule has 0 radical (unpaired) electrons. The lowest BCUT2D eigenvalue weighted by Gasteiger charge is -2.27. The predicted molar refractivity (Wildman–Crippen MR) is 98.2 cm³/mol. The Morgan fingerprint density at radius 3 is 2.64 bits per heavy atom. The Balaban J connectivity index is 1.79. The largest absolute Gasteiger partial charge is 0.378 e. The van der Waals surface area contributed by atoms with E-state index >= 15 is 0 Å². The number of urea groups is 1. The van der Waals surface area contributed by atoms with Crippen molar-refractivity contribution in [3.63, 3.8) is 0 Å². The fourth-order valence-corrected chi connectivity index (χ4v) is 2.70. The predicted octanol–water partition coefficient (Wildman–Crippen LogP) is 2.78. The number of morpholine rings is 1. The van der Waals surface area contributed by atoms with Crippen LogP contribution in [0, 0.1) is 0 Å². The molecule has 25 heavy (non-hydrogen) atoms. The maximum absolute atomic E-state index is 11.6. The summed E-state index contributed by atoms with van der Waals surface area (Å²) in [6.45, 7) is 5.25. The second-order valence-electron chi connectivity index (χ2n) is 5.54. The molecule has 0 saturated carbocycles. The van der Waals surface area contributed by atoms with Gasteiger partial charge in [0.05, 0.1) is 18.9 Å². The van der Waals surface area contributed by atoms with E-state index in [0.29, 0.717) is 36.5 Å². The number of hydrogen-bond donors (Lipinski definition) is 2. The summed E-state index contributed by atoms with van der Waals surface area (Å²) >= 11 is 6.18. The van der Waals surface area contributed by atoms with E-state index in [1.807, 2.05) is 31.2 Å². The van der Waals surface area contributed by atoms with Gasteiger partial charge in [-0.15, -0.1) is 0 Å². The van der Waals surface area contributed by atoms with E-state index in [4.69, 9.17) is 16.3 Å². The molecule has 1 saturated heterocycles. The molecule has 1 fully saturated rings. The summed E-state index contributed by atoms with van der Waals surface area (Å²) in [7, 11) is 0. The van der Waals surface area contributed by atoms with Crippen LogP contribution in [0.1, 0.15) is 6.92 Å². The van der Waals surface area contributed by atoms with Crippen LogP contribution in [0.15, 0.2) is 30.3 Å². The first-order valence-corrected chi connectivity index (χ1v) is 8.56. The van der Waals surface area contributed by atoms with Crippen LogP contribution in [0.4, 0.5) is 16.4 Å². The first-order chi connectivity index (χ1) is 12.2. The Bertz CT molecular complexity index is 732. The average molecular weight is 362 g/mol. The zero-order valence-corrected chi connectivity index (χ0v) is 14.7. The number of hydrogen-bond acceptors (Lipinski definition) is 5. The molecule has 7 nitrogen and oxygen atoms in total. The molecule has 1 aliphatic rings. The van der Waals surface area contributed by atoms with Crippen molar-refractivity contribution < 1.29 is 9.53 Å². The van der Waals surface area contributed by atoms with Gasteiger partial charge in [0, 0.05) is 37.0 Å². The van der Waals surface area contributed by atoms with Gasteiger partial charge in [-0.05, 0) is 19.1 Å². The highest BCUT2D eigenvalue weighted by atomic mass is 35.5. The van der Waals surface area contributed by atoms with Crippen LogP contribution in [-0.4, -0.2) is 48.8 Å². The van der Waals surface area contributed by atoms with Gasteiger partial charge in [-0.2, -0.15) is 0 Å². The molecular formula is C17H20ClN5O2. The Kier molecular flexibility index (Phi) is 5.67. The first-order valence-electron chi connectivity index (χ1n) is 8.18. The number of rotatable bonds is 4. The monoisotopic (exact) mass is 361 g/mol. The maximum atomic E-state index is 11.6. The highest BCUT2D eigenvalue weighted by Crippen LogP contribution is 2.24. The number of carbonyl (C=O) groups is 1. The number of anilines is 2. The van der Waals surface area contributed by atoms with Crippen LogP contribution in [0.5, 0.6) is 0 Å². The summed E-state index contributed by atoms with van der Waals surface area (Å²) in [6.07, 6.45) is 0. The molecular weight excluding hydrogens is 342 g/mol. The van der Waals surface area contributed by atoms with Gasteiger partial charge < -0.3 is 20.3 Å². The van der Waals surface area contributed by atoms with Gasteiger partial charge >= 0.3 is 6.03 Å². The van der Waals surface area contributed by atoms with Gasteiger partial charge in [-0.3, -0.25) is 0 Å². The van der Waals surface area contributed by atoms with Crippen LogP contribution in [-0.2, 0) is 4.74 Å². The van der Waals surface area contributed by atoms with Crippen molar-refractivity contribution in [1.82, 2.24) is 15.3 Å². The third-order valence-corrected chi connectivity index (χ3v) is 3.95. The van der Waals surface area contributed by atoms with Crippen LogP contribution >= 0.6 is 11.6 Å². The van der Waals surface area contributed by atoms with E-state index in [2.05, 4.69) is 25.5 Å². The minimum absolute atomic E-state index is 0.227. The molecule has 2 heterocycles. The van der Waals surface area contributed by atoms with Gasteiger partial charge in [0.15, 0.2) is 0 Å². The number of nitrogens with one attached hydrogen (secondary N) is 2. The lowest BCUT2D eigenvalue weighted by Crippen LogP contribution is -2.37. The molecule has 132 valence electrons. The van der Waals surface area contributed by atoms with Crippen LogP contribution < -0.4 is 15.5 Å². The van der Waals surface area contributed by atoms with Crippen LogP contribution in [0.25, 0.3) is 11.3 Å². The summed E-state index contributed by atoms with van der Waals surface area (Å²) in [4.78, 5) is 22.6. The molecule has 2 N–H and O–H groups in total. The molecule has 0 unspecified atom stereocenters. The maximum Gasteiger partial charge on any atom is 0.319 e. The van der Waals surface area contributed by atoms with E-state index in [-0.39, 0.29) is 6.03 Å². The fourth-order valence-electron chi connectivity index (χ4n) is 2.52. The second-order valence-corrected chi connectivity index (χ2v) is 5.92. The summed E-state index contributed by atoms with van der Waals surface area (Å²) in [6, 6.07) is 8.95. The van der Waals surface area contributed by atoms with E-state index in [9.17, 15) is 4.79 Å². The number of ether oxygens (including phenoxy) is 1. The molecule has 2 amide bonds. The first kappa shape index (κ1) is 17.4. The van der Waals surface area contributed by atoms with Gasteiger partial charge in [-0.1, -0.05) is 23.7 Å². The Hall–Kier alpha value is -2.38. The molecule has 0 aliphatic carbocycles. The Morgan fingerprint density at radius 1 is 1.24 bits per heavy atom. The topological polar surface area (TPSA) is 79.4 Å². The van der Waals surface area contributed by atoms with E-state index in [0.717, 1.165) is 24.3 Å². The third-order valence-electron chi connectivity index (χ3n) is 3.75. The van der Waals surface area contributed by atoms with Gasteiger partial charge in [0.1, 0.15) is 5.15 Å². The summed E-state index contributed by atoms with van der Waals surface area (Å²) in [5, 5.41) is 5.85. The third kappa shape index (κ3) is 4.58. The van der Waals surface area contributed by atoms with Gasteiger partial charge in [0.25, 0.3) is 0 Å². The Labute approximate surface area is 151 Å². The number of nitrogens with zero attached hydrogens (tertiary/aromatic N) is 3. The minimum atomic E-state index is -0.227. The molecule has 0 atom stereocenters. The second kappa shape index (κ2) is 8.13. The van der Waals surface area contributed by atoms with Crippen molar-refractivity contribution in [1.29, 1.82) is 0 Å². The van der Waals surface area contributed by atoms with Crippen LogP contribution in [0.3, 0.4) is 0 Å². The summed E-state index contributed by atoms with van der Waals surface area (Å²) in [5.74, 6) is 0.607. The average Bonchev–Trinajstić information content (AvgIpc) is 2.63. The Morgan fingerprint density at radius 2 is 1.96 bits per heavy atom. The highest BCUT2D eigenvalue weighted by molar-refractivity contribution is 6.29. The van der Waals surface area contributed by atoms with Crippen molar-refractivity contribution >= 4 is 29.3 Å². The smallest absolute Gasteiger partial charge is 0.319 e. The van der Waals surface area contributed by atoms with Crippen molar-refractivity contribution in [2.75, 3.05) is 43.1 Å². The van der Waals surface area contributed by atoms with Gasteiger partial charge in [-0.25, -0.2) is 14.8 Å². The molecule has 1 aliphatic heterocycles. The molecule has 1 aromatic heterocycles. The standard InChI is InChI=1S/C17H20ClN5O2/c1-2-19-17(24)20-13-5-3-12(4-6-13)14-11-15(18)22-16(21-14)23-7-9-25-10-8-23/h3-6,11H,2,7-10H2,1H3,(H2,19,20,24). The normalized spacial score (nSPS) is 14.2. The molecule has 2 aromatic rings. The molecule has 0 spiro atoms. The lowest BCUT2D eigenvalue weighted by atomic mass is 10.1. The molecule has 3 rings (SSSR count). The zero-order chi connectivity index (χ0) is 17.6. The van der Waals surface area contributed by atoms with Gasteiger partial charge in [0.2, 0.25) is 5.95 Å². The summed E-state index contributed by atoms with van der Waals surface area (Å²) in [5.41, 5.74) is 2.36. The molecule has 0 bridgehead atoms. The number of amides is 2. The zero-order valence-electron chi connectivity index (χ0n) is 14.0. The van der Waals surface area contributed by atoms with Crippen molar-refractivity contribution in [3.8, 4) is 11.3 Å². The number of aromatic nitrogens is 2. The number of carbonyl (C=O) groups excluding carboxylic acids is 1. The van der Waals surface area contributed by atoms with E-state index < -0.39 is 0 Å². The molecule has 8 heteroatoms. The number of halogens is 1. The van der Waals surface area contributed by atoms with Crippen LogP contribution in [0.2, 0.25) is 5.15 Å². The van der Waals surface area contributed by atoms with Crippen molar-refractivity contribution in [2.45, 2.75) is 6.92 Å². The molecule has 1 aromatic carbocycles. The summed E-state index contributed by atoms with van der Waals surface area (Å²) < 4.78 is 5.36. The lowest BCUT2D eigenvalue weighted by molar-refractivity contribution is 0.122. The van der Waals surface area contributed by atoms with E-state index in [1.54, 1.807) is 6.07 Å². The number of benzene rings is 1. The fraction of sp³-hybridized carbons (Fsp3) is 0.353. The van der Waals surface area contributed by atoms with Crippen molar-refractivity contribution in [2.24, 2.45) is 0 Å². The highest BCUT2D eigenvalue weighted by Gasteiger charge is 2.16. The minimum Gasteiger partial charge on any atom is -0.378 e. The quantitative estimate of drug-likeness (QED) is 0.818. The van der Waals surface area contributed by atoms with E-state index in [1.165, 1.54) is 0 Å².